The van der Waals surface area contributed by atoms with Gasteiger partial charge < -0.3 is 10.1 Å². The van der Waals surface area contributed by atoms with Crippen LogP contribution in [-0.2, 0) is 6.61 Å². The van der Waals surface area contributed by atoms with Gasteiger partial charge in [-0.05, 0) is 55.0 Å². The Bertz CT molecular complexity index is 958. The van der Waals surface area contributed by atoms with Crippen LogP contribution in [0.25, 0.3) is 0 Å². The van der Waals surface area contributed by atoms with Gasteiger partial charge in [0.15, 0.2) is 5.78 Å². The third-order valence-electron chi connectivity index (χ3n) is 4.30. The number of alkyl halides is 3. The number of pyridine rings is 1. The molecule has 0 spiro atoms. The van der Waals surface area contributed by atoms with Crippen LogP contribution in [0.1, 0.15) is 35.3 Å². The number of anilines is 2. The maximum absolute atomic E-state index is 12.2. The number of benzene rings is 2. The Morgan fingerprint density at radius 2 is 1.77 bits per heavy atom. The van der Waals surface area contributed by atoms with Crippen molar-refractivity contribution in [3.63, 3.8) is 0 Å². The molecule has 30 heavy (non-hydrogen) atoms. The minimum absolute atomic E-state index is 0.134. The number of hydrogen-bond donors (Lipinski definition) is 1. The molecule has 0 saturated heterocycles. The predicted octanol–water partition coefficient (Wildman–Crippen LogP) is 6.32. The number of rotatable bonds is 9. The van der Waals surface area contributed by atoms with Gasteiger partial charge in [0.2, 0.25) is 0 Å². The molecule has 3 aromatic rings. The Morgan fingerprint density at radius 1 is 0.967 bits per heavy atom. The van der Waals surface area contributed by atoms with E-state index in [-0.39, 0.29) is 18.6 Å². The van der Waals surface area contributed by atoms with Crippen LogP contribution in [0.15, 0.2) is 72.9 Å². The molecule has 1 N–H and O–H groups in total. The first-order valence-electron chi connectivity index (χ1n) is 9.49. The molecule has 0 aliphatic carbocycles. The quantitative estimate of drug-likeness (QED) is 0.416. The van der Waals surface area contributed by atoms with Crippen molar-refractivity contribution in [1.82, 2.24) is 4.98 Å². The number of carbonyl (C=O) groups is 1. The maximum Gasteiger partial charge on any atom is 0.389 e. The molecule has 1 aromatic heterocycles. The van der Waals surface area contributed by atoms with Gasteiger partial charge in [0, 0.05) is 36.0 Å². The molecule has 0 atom stereocenters. The Balaban J connectivity index is 1.54. The average Bonchev–Trinajstić information content (AvgIpc) is 2.73. The number of ether oxygens (including phenoxy) is 1. The highest BCUT2D eigenvalue weighted by atomic mass is 19.4. The first-order chi connectivity index (χ1) is 14.4. The number of nitrogens with zero attached hydrogens (tertiary/aromatic N) is 1. The minimum atomic E-state index is -4.24. The van der Waals surface area contributed by atoms with Crippen LogP contribution >= 0.6 is 0 Å². The van der Waals surface area contributed by atoms with Gasteiger partial charge in [-0.2, -0.15) is 13.2 Å². The van der Waals surface area contributed by atoms with E-state index in [0.29, 0.717) is 23.6 Å². The Kier molecular flexibility index (Phi) is 7.06. The summed E-state index contributed by atoms with van der Waals surface area (Å²) >= 11 is 0. The number of hydrogen-bond acceptors (Lipinski definition) is 4. The van der Waals surface area contributed by atoms with Crippen LogP contribution < -0.4 is 10.1 Å². The highest BCUT2D eigenvalue weighted by Crippen LogP contribution is 2.24. The van der Waals surface area contributed by atoms with Crippen molar-refractivity contribution >= 4 is 17.2 Å². The highest BCUT2D eigenvalue weighted by molar-refractivity contribution is 5.97. The molecule has 0 fully saturated rings. The van der Waals surface area contributed by atoms with Gasteiger partial charge in [-0.15, -0.1) is 0 Å². The van der Waals surface area contributed by atoms with Crippen LogP contribution in [-0.4, -0.2) is 16.9 Å². The van der Waals surface area contributed by atoms with Crippen LogP contribution in [0, 0.1) is 0 Å². The zero-order valence-electron chi connectivity index (χ0n) is 16.2. The molecule has 0 amide bonds. The van der Waals surface area contributed by atoms with E-state index in [2.05, 4.69) is 10.3 Å². The second kappa shape index (κ2) is 9.91. The average molecular weight is 414 g/mol. The van der Waals surface area contributed by atoms with Crippen molar-refractivity contribution in [2.45, 2.75) is 32.0 Å². The molecule has 0 unspecified atom stereocenters. The molecule has 0 radical (unpaired) electrons. The molecule has 156 valence electrons. The molecular weight excluding hydrogens is 393 g/mol. The lowest BCUT2D eigenvalue weighted by Crippen LogP contribution is -2.08. The largest absolute Gasteiger partial charge is 0.487 e. The van der Waals surface area contributed by atoms with Gasteiger partial charge in [-0.3, -0.25) is 9.78 Å². The number of ketones is 1. The molecule has 4 nitrogen and oxygen atoms in total. The number of nitrogens with one attached hydrogen (secondary N) is 1. The Labute approximate surface area is 172 Å². The molecule has 1 heterocycles. The van der Waals surface area contributed by atoms with Gasteiger partial charge in [0.25, 0.3) is 0 Å². The number of Topliss-reactive ketones (excluding diaryl/α,β-unsaturated/α-hetero) is 1. The van der Waals surface area contributed by atoms with E-state index in [1.54, 1.807) is 30.5 Å². The molecule has 0 aliphatic heterocycles. The lowest BCUT2D eigenvalue weighted by molar-refractivity contribution is -0.135. The zero-order chi connectivity index (χ0) is 21.4. The molecule has 0 saturated carbocycles. The fourth-order valence-electron chi connectivity index (χ4n) is 2.81. The second-order valence-electron chi connectivity index (χ2n) is 6.73. The third kappa shape index (κ3) is 6.92. The number of aromatic nitrogens is 1. The summed E-state index contributed by atoms with van der Waals surface area (Å²) < 4.78 is 42.4. The first kappa shape index (κ1) is 21.4. The van der Waals surface area contributed by atoms with Gasteiger partial charge in [0.1, 0.15) is 12.4 Å². The molecule has 7 heteroatoms. The fraction of sp³-hybridized carbons (Fsp3) is 0.217. The third-order valence-corrected chi connectivity index (χ3v) is 4.30. The topological polar surface area (TPSA) is 51.2 Å². The van der Waals surface area contributed by atoms with Gasteiger partial charge in [0.05, 0.1) is 5.69 Å². The van der Waals surface area contributed by atoms with Crippen molar-refractivity contribution in [3.05, 3.63) is 84.2 Å². The van der Waals surface area contributed by atoms with Crippen LogP contribution in [0.3, 0.4) is 0 Å². The number of carbonyl (C=O) groups excluding carboxylic acids is 1. The Hall–Kier alpha value is -3.35. The highest BCUT2D eigenvalue weighted by Gasteiger charge is 2.26. The van der Waals surface area contributed by atoms with Crippen molar-refractivity contribution < 1.29 is 22.7 Å². The van der Waals surface area contributed by atoms with Crippen LogP contribution in [0.2, 0.25) is 0 Å². The molecule has 3 rings (SSSR count). The lowest BCUT2D eigenvalue weighted by Gasteiger charge is -2.10. The summed E-state index contributed by atoms with van der Waals surface area (Å²) in [7, 11) is 0. The van der Waals surface area contributed by atoms with Crippen LogP contribution in [0.4, 0.5) is 24.5 Å². The van der Waals surface area contributed by atoms with Crippen molar-refractivity contribution in [2.75, 3.05) is 5.32 Å². The SMILES string of the molecule is O=C(CCCC(F)(F)F)c1cccc(Nc2ccc(OCc3ccccn3)cc2)c1. The summed E-state index contributed by atoms with van der Waals surface area (Å²) in [6.45, 7) is 0.367. The van der Waals surface area contributed by atoms with E-state index >= 15 is 0 Å². The molecule has 0 aliphatic rings. The summed E-state index contributed by atoms with van der Waals surface area (Å²) in [6.07, 6.45) is -3.82. The van der Waals surface area contributed by atoms with E-state index < -0.39 is 12.6 Å². The van der Waals surface area contributed by atoms with Crippen LogP contribution in [0.5, 0.6) is 5.75 Å². The maximum atomic E-state index is 12.2. The Morgan fingerprint density at radius 3 is 2.47 bits per heavy atom. The summed E-state index contributed by atoms with van der Waals surface area (Å²) in [6, 6.07) is 19.7. The van der Waals surface area contributed by atoms with Crippen molar-refractivity contribution in [1.29, 1.82) is 0 Å². The monoisotopic (exact) mass is 414 g/mol. The van der Waals surface area contributed by atoms with E-state index in [1.165, 1.54) is 0 Å². The minimum Gasteiger partial charge on any atom is -0.487 e. The zero-order valence-corrected chi connectivity index (χ0v) is 16.2. The standard InChI is InChI=1S/C23H21F3N2O2/c24-23(25,26)13-4-8-22(29)17-5-3-7-19(15-17)28-18-9-11-21(12-10-18)30-16-20-6-1-2-14-27-20/h1-3,5-7,9-12,14-15,28H,4,8,13,16H2. The molecule has 0 bridgehead atoms. The second-order valence-corrected chi connectivity index (χ2v) is 6.73. The van der Waals surface area contributed by atoms with E-state index in [4.69, 9.17) is 4.74 Å². The van der Waals surface area contributed by atoms with E-state index in [9.17, 15) is 18.0 Å². The number of halogens is 3. The lowest BCUT2D eigenvalue weighted by atomic mass is 10.0. The van der Waals surface area contributed by atoms with E-state index in [0.717, 1.165) is 11.4 Å². The van der Waals surface area contributed by atoms with Gasteiger partial charge in [-0.1, -0.05) is 18.2 Å². The van der Waals surface area contributed by atoms with E-state index in [1.807, 2.05) is 42.5 Å². The smallest absolute Gasteiger partial charge is 0.389 e. The van der Waals surface area contributed by atoms with Gasteiger partial charge >= 0.3 is 6.18 Å². The summed E-state index contributed by atoms with van der Waals surface area (Å²) in [5.41, 5.74) is 2.69. The summed E-state index contributed by atoms with van der Waals surface area (Å²) in [4.78, 5) is 16.4. The summed E-state index contributed by atoms with van der Waals surface area (Å²) in [5, 5.41) is 3.18. The van der Waals surface area contributed by atoms with Crippen molar-refractivity contribution in [2.24, 2.45) is 0 Å². The first-order valence-corrected chi connectivity index (χ1v) is 9.49. The predicted molar refractivity (Wildman–Crippen MR) is 109 cm³/mol. The molecule has 2 aromatic carbocycles. The fourth-order valence-corrected chi connectivity index (χ4v) is 2.81. The van der Waals surface area contributed by atoms with Crippen molar-refractivity contribution in [3.8, 4) is 5.75 Å². The molecular formula is C23H21F3N2O2. The van der Waals surface area contributed by atoms with Gasteiger partial charge in [-0.25, -0.2) is 0 Å². The normalized spacial score (nSPS) is 11.2. The summed E-state index contributed by atoms with van der Waals surface area (Å²) in [5.74, 6) is 0.390.